The third kappa shape index (κ3) is 5.83. The normalized spacial score (nSPS) is 11.1. The van der Waals surface area contributed by atoms with Crippen LogP contribution in [0.4, 0.5) is 0 Å². The van der Waals surface area contributed by atoms with E-state index in [9.17, 15) is 4.79 Å². The quantitative estimate of drug-likeness (QED) is 0.474. The third-order valence-electron chi connectivity index (χ3n) is 0.529. The maximum Gasteiger partial charge on any atom is 0.317 e. The summed E-state index contributed by atoms with van der Waals surface area (Å²) in [7, 11) is 0. The van der Waals surface area contributed by atoms with Gasteiger partial charge in [-0.1, -0.05) is 15.9 Å². The van der Waals surface area contributed by atoms with Crippen molar-refractivity contribution < 1.29 is 11.0 Å². The van der Waals surface area contributed by atoms with E-state index in [0.717, 1.165) is 0 Å². The first-order valence-electron chi connectivity index (χ1n) is 2.73. The topological polar surface area (TPSA) is 26.3 Å². The van der Waals surface area contributed by atoms with Crippen LogP contribution >= 0.6 is 15.9 Å². The molecule has 0 bridgehead atoms. The second-order valence-corrected chi connectivity index (χ2v) is 3.28. The van der Waals surface area contributed by atoms with E-state index in [1.54, 1.807) is 0 Å². The number of halogens is 1. The second kappa shape index (κ2) is 3.20. The number of rotatable bonds is 1. The molecule has 0 spiro atoms. The van der Waals surface area contributed by atoms with Crippen LogP contribution in [0.15, 0.2) is 0 Å². The van der Waals surface area contributed by atoms with Crippen molar-refractivity contribution in [3.63, 3.8) is 0 Å². The van der Waals surface area contributed by atoms with Crippen LogP contribution in [0.1, 0.15) is 22.2 Å². The predicted octanol–water partition coefficient (Wildman–Crippen LogP) is 1.97. The minimum atomic E-state index is -0.356. The molecular formula is C6H13BrO2. The molecule has 3 heteroatoms. The Morgan fingerprint density at radius 2 is 2.11 bits per heavy atom. The van der Waals surface area contributed by atoms with Gasteiger partial charge in [-0.2, -0.15) is 0 Å². The highest BCUT2D eigenvalue weighted by atomic mass is 79.9. The van der Waals surface area contributed by atoms with Crippen molar-refractivity contribution >= 4 is 21.9 Å². The number of ether oxygens (including phenoxy) is 1. The second-order valence-electron chi connectivity index (χ2n) is 2.72. The van der Waals surface area contributed by atoms with E-state index in [1.807, 2.05) is 20.8 Å². The van der Waals surface area contributed by atoms with E-state index in [0.29, 0.717) is 0 Å². The molecule has 0 aliphatic heterocycles. The van der Waals surface area contributed by atoms with Gasteiger partial charge in [-0.15, -0.1) is 0 Å². The molecule has 0 amide bonds. The summed E-state index contributed by atoms with van der Waals surface area (Å²) in [5, 5.41) is 0.268. The monoisotopic (exact) mass is 196 g/mol. The zero-order chi connectivity index (χ0) is 7.49. The van der Waals surface area contributed by atoms with E-state index in [1.165, 1.54) is 0 Å². The van der Waals surface area contributed by atoms with Gasteiger partial charge in [0.1, 0.15) is 10.9 Å². The molecule has 0 radical (unpaired) electrons. The van der Waals surface area contributed by atoms with Crippen LogP contribution in [0, 0.1) is 0 Å². The highest BCUT2D eigenvalue weighted by Gasteiger charge is 2.14. The standard InChI is InChI=1S/C6H11BrO2.H2/c1-6(2,3)9-5(8)4-7;/h4H2,1-3H3;1H. The lowest BCUT2D eigenvalue weighted by Gasteiger charge is -2.18. The van der Waals surface area contributed by atoms with Gasteiger partial charge in [0, 0.05) is 1.43 Å². The lowest BCUT2D eigenvalue weighted by Crippen LogP contribution is -2.24. The molecule has 0 saturated heterocycles. The first-order chi connectivity index (χ1) is 3.95. The fourth-order valence-corrected chi connectivity index (χ4v) is 0.483. The predicted molar refractivity (Wildman–Crippen MR) is 41.8 cm³/mol. The van der Waals surface area contributed by atoms with Crippen LogP contribution in [-0.4, -0.2) is 16.9 Å². The Hall–Kier alpha value is -0.0500. The fraction of sp³-hybridized carbons (Fsp3) is 0.833. The van der Waals surface area contributed by atoms with Gasteiger partial charge in [0.15, 0.2) is 0 Å². The molecule has 9 heavy (non-hydrogen) atoms. The Bertz CT molecular complexity index is 109. The summed E-state index contributed by atoms with van der Waals surface area (Å²) in [5.41, 5.74) is -0.356. The summed E-state index contributed by atoms with van der Waals surface area (Å²) in [4.78, 5) is 10.6. The van der Waals surface area contributed by atoms with E-state index in [4.69, 9.17) is 4.74 Å². The number of hydrogen-bond donors (Lipinski definition) is 0. The molecule has 0 fully saturated rings. The SMILES string of the molecule is CC(C)(C)OC(=O)CBr.[HH]. The van der Waals surface area contributed by atoms with Gasteiger partial charge in [0.2, 0.25) is 0 Å². The lowest BCUT2D eigenvalue weighted by atomic mass is 10.2. The summed E-state index contributed by atoms with van der Waals surface area (Å²) in [6.07, 6.45) is 0. The van der Waals surface area contributed by atoms with Crippen LogP contribution < -0.4 is 0 Å². The Morgan fingerprint density at radius 1 is 1.67 bits per heavy atom. The molecule has 0 rings (SSSR count). The molecule has 0 saturated carbocycles. The summed E-state index contributed by atoms with van der Waals surface area (Å²) in [6, 6.07) is 0. The molecular weight excluding hydrogens is 184 g/mol. The number of esters is 1. The molecule has 0 aromatic rings. The molecule has 0 heterocycles. The van der Waals surface area contributed by atoms with E-state index in [-0.39, 0.29) is 18.3 Å². The van der Waals surface area contributed by atoms with E-state index in [2.05, 4.69) is 15.9 Å². The minimum Gasteiger partial charge on any atom is -0.459 e. The minimum absolute atomic E-state index is 0. The summed E-state index contributed by atoms with van der Waals surface area (Å²) in [6.45, 7) is 5.52. The summed E-state index contributed by atoms with van der Waals surface area (Å²) < 4.78 is 4.90. The van der Waals surface area contributed by atoms with Gasteiger partial charge >= 0.3 is 5.97 Å². The van der Waals surface area contributed by atoms with Crippen LogP contribution in [0.25, 0.3) is 0 Å². The zero-order valence-electron chi connectivity index (χ0n) is 5.90. The van der Waals surface area contributed by atoms with Crippen molar-refractivity contribution in [2.75, 3.05) is 5.33 Å². The summed E-state index contributed by atoms with van der Waals surface area (Å²) in [5.74, 6) is -0.220. The summed E-state index contributed by atoms with van der Waals surface area (Å²) >= 11 is 2.99. The maximum absolute atomic E-state index is 10.6. The van der Waals surface area contributed by atoms with Gasteiger partial charge in [0.05, 0.1) is 0 Å². The van der Waals surface area contributed by atoms with E-state index >= 15 is 0 Å². The number of carbonyl (C=O) groups is 1. The van der Waals surface area contributed by atoms with Gasteiger partial charge in [-0.3, -0.25) is 4.79 Å². The Labute approximate surface area is 65.2 Å². The van der Waals surface area contributed by atoms with Crippen molar-refractivity contribution in [3.05, 3.63) is 0 Å². The van der Waals surface area contributed by atoms with Crippen molar-refractivity contribution in [1.29, 1.82) is 0 Å². The molecule has 2 nitrogen and oxygen atoms in total. The molecule has 0 unspecified atom stereocenters. The third-order valence-corrected chi connectivity index (χ3v) is 0.987. The first kappa shape index (κ1) is 8.95. The molecule has 0 aliphatic rings. The van der Waals surface area contributed by atoms with Crippen LogP contribution in [0.5, 0.6) is 0 Å². The van der Waals surface area contributed by atoms with Gasteiger partial charge < -0.3 is 4.74 Å². The van der Waals surface area contributed by atoms with Gasteiger partial charge in [0.25, 0.3) is 0 Å². The highest BCUT2D eigenvalue weighted by Crippen LogP contribution is 2.07. The molecule has 0 aromatic heterocycles. The molecule has 0 atom stereocenters. The van der Waals surface area contributed by atoms with Crippen LogP contribution in [0.3, 0.4) is 0 Å². The van der Waals surface area contributed by atoms with Crippen LogP contribution in [0.2, 0.25) is 0 Å². The average molecular weight is 197 g/mol. The van der Waals surface area contributed by atoms with Gasteiger partial charge in [-0.25, -0.2) is 0 Å². The van der Waals surface area contributed by atoms with Crippen molar-refractivity contribution in [1.82, 2.24) is 0 Å². The fourth-order valence-electron chi connectivity index (χ4n) is 0.369. The first-order valence-corrected chi connectivity index (χ1v) is 3.85. The largest absolute Gasteiger partial charge is 0.459 e. The number of hydrogen-bond acceptors (Lipinski definition) is 2. The van der Waals surface area contributed by atoms with Gasteiger partial charge in [-0.05, 0) is 20.8 Å². The average Bonchev–Trinajstić information content (AvgIpc) is 1.62. The molecule has 0 aromatic carbocycles. The smallest absolute Gasteiger partial charge is 0.317 e. The molecule has 56 valence electrons. The van der Waals surface area contributed by atoms with E-state index < -0.39 is 0 Å². The lowest BCUT2D eigenvalue weighted by molar-refractivity contribution is -0.151. The van der Waals surface area contributed by atoms with Crippen molar-refractivity contribution in [2.24, 2.45) is 0 Å². The highest BCUT2D eigenvalue weighted by molar-refractivity contribution is 9.09. The van der Waals surface area contributed by atoms with Crippen molar-refractivity contribution in [3.8, 4) is 0 Å². The Kier molecular flexibility index (Phi) is 3.18. The zero-order valence-corrected chi connectivity index (χ0v) is 7.49. The maximum atomic E-state index is 10.6. The number of carbonyl (C=O) groups excluding carboxylic acids is 1. The Morgan fingerprint density at radius 3 is 2.22 bits per heavy atom. The molecule has 0 N–H and O–H groups in total. The molecule has 0 aliphatic carbocycles. The Balaban J connectivity index is 0. The van der Waals surface area contributed by atoms with Crippen LogP contribution in [-0.2, 0) is 9.53 Å². The number of alkyl halides is 1. The van der Waals surface area contributed by atoms with Crippen molar-refractivity contribution in [2.45, 2.75) is 26.4 Å².